The summed E-state index contributed by atoms with van der Waals surface area (Å²) in [6.07, 6.45) is 0. The number of aromatic nitrogens is 1. The first-order valence-electron chi connectivity index (χ1n) is 5.59. The summed E-state index contributed by atoms with van der Waals surface area (Å²) < 4.78 is 5.49. The van der Waals surface area contributed by atoms with Gasteiger partial charge in [0.1, 0.15) is 5.76 Å². The molecule has 1 aromatic carbocycles. The molecule has 0 atom stereocenters. The summed E-state index contributed by atoms with van der Waals surface area (Å²) in [5.74, 6) is 1.57. The van der Waals surface area contributed by atoms with Crippen LogP contribution in [-0.4, -0.2) is 4.98 Å². The van der Waals surface area contributed by atoms with E-state index in [1.807, 2.05) is 39.0 Å². The summed E-state index contributed by atoms with van der Waals surface area (Å²) in [4.78, 5) is 4.31. The fraction of sp³-hybridized carbons (Fsp3) is 0.308. The molecule has 1 heterocycles. The monoisotopic (exact) mass is 231 g/mol. The number of benzene rings is 1. The number of rotatable bonds is 3. The molecule has 2 aromatic rings. The first-order chi connectivity index (χ1) is 8.06. The van der Waals surface area contributed by atoms with Gasteiger partial charge in [0.25, 0.3) is 0 Å². The molecule has 0 saturated heterocycles. The maximum atomic E-state index is 5.76. The molecule has 0 unspecified atom stereocenters. The first-order valence-corrected chi connectivity index (χ1v) is 5.59. The fourth-order valence-electron chi connectivity index (χ4n) is 1.58. The highest BCUT2D eigenvalue weighted by atomic mass is 16.4. The number of anilines is 2. The number of hydrogen-bond donors (Lipinski definition) is 2. The van der Waals surface area contributed by atoms with E-state index in [1.54, 1.807) is 0 Å². The summed E-state index contributed by atoms with van der Waals surface area (Å²) in [6, 6.07) is 5.85. The van der Waals surface area contributed by atoms with Gasteiger partial charge < -0.3 is 15.5 Å². The van der Waals surface area contributed by atoms with Crippen LogP contribution in [0.2, 0.25) is 0 Å². The average Bonchev–Trinajstić information content (AvgIpc) is 2.60. The third kappa shape index (κ3) is 2.58. The predicted molar refractivity (Wildman–Crippen MR) is 68.9 cm³/mol. The summed E-state index contributed by atoms with van der Waals surface area (Å²) >= 11 is 0. The van der Waals surface area contributed by atoms with Crippen LogP contribution in [0, 0.1) is 20.8 Å². The van der Waals surface area contributed by atoms with Gasteiger partial charge in [-0.2, -0.15) is 0 Å². The summed E-state index contributed by atoms with van der Waals surface area (Å²) in [6.45, 7) is 6.42. The molecular weight excluding hydrogens is 214 g/mol. The third-order valence-electron chi connectivity index (χ3n) is 2.79. The number of nitrogens with one attached hydrogen (secondary N) is 1. The van der Waals surface area contributed by atoms with Crippen LogP contribution in [0.3, 0.4) is 0 Å². The van der Waals surface area contributed by atoms with Crippen molar-refractivity contribution in [2.24, 2.45) is 0 Å². The predicted octanol–water partition coefficient (Wildman–Crippen LogP) is 2.79. The van der Waals surface area contributed by atoms with Crippen LogP contribution in [0.1, 0.15) is 22.9 Å². The van der Waals surface area contributed by atoms with Crippen molar-refractivity contribution in [1.29, 1.82) is 0 Å². The largest absolute Gasteiger partial charge is 0.444 e. The van der Waals surface area contributed by atoms with E-state index in [0.29, 0.717) is 12.4 Å². The van der Waals surface area contributed by atoms with E-state index in [9.17, 15) is 0 Å². The molecule has 0 fully saturated rings. The lowest BCUT2D eigenvalue weighted by atomic mass is 10.2. The van der Waals surface area contributed by atoms with E-state index < -0.39 is 0 Å². The van der Waals surface area contributed by atoms with Crippen molar-refractivity contribution in [3.05, 3.63) is 41.1 Å². The number of nitrogens with two attached hydrogens (primary N) is 1. The summed E-state index contributed by atoms with van der Waals surface area (Å²) in [5, 5.41) is 3.26. The molecule has 0 aliphatic carbocycles. The van der Waals surface area contributed by atoms with Gasteiger partial charge in [0.05, 0.1) is 12.2 Å². The van der Waals surface area contributed by atoms with E-state index in [4.69, 9.17) is 10.2 Å². The Morgan fingerprint density at radius 2 is 2.06 bits per heavy atom. The second-order valence-corrected chi connectivity index (χ2v) is 4.17. The molecule has 4 nitrogen and oxygen atoms in total. The third-order valence-corrected chi connectivity index (χ3v) is 2.79. The highest BCUT2D eigenvalue weighted by Crippen LogP contribution is 2.17. The van der Waals surface area contributed by atoms with E-state index >= 15 is 0 Å². The molecule has 0 saturated carbocycles. The topological polar surface area (TPSA) is 64.1 Å². The quantitative estimate of drug-likeness (QED) is 0.797. The molecule has 3 N–H and O–H groups in total. The van der Waals surface area contributed by atoms with Crippen LogP contribution >= 0.6 is 0 Å². The van der Waals surface area contributed by atoms with Crippen LogP contribution < -0.4 is 11.1 Å². The second-order valence-electron chi connectivity index (χ2n) is 4.17. The molecule has 90 valence electrons. The van der Waals surface area contributed by atoms with Crippen molar-refractivity contribution in [3.8, 4) is 0 Å². The molecule has 2 rings (SSSR count). The maximum Gasteiger partial charge on any atom is 0.213 e. The van der Waals surface area contributed by atoms with Crippen molar-refractivity contribution in [2.75, 3.05) is 11.1 Å². The molecular formula is C13H17N3O. The van der Waals surface area contributed by atoms with Crippen molar-refractivity contribution >= 4 is 11.4 Å². The van der Waals surface area contributed by atoms with Crippen molar-refractivity contribution in [1.82, 2.24) is 4.98 Å². The zero-order chi connectivity index (χ0) is 12.4. The minimum absolute atomic E-state index is 0.581. The van der Waals surface area contributed by atoms with Gasteiger partial charge in [0.2, 0.25) is 5.89 Å². The van der Waals surface area contributed by atoms with Crippen LogP contribution in [0.4, 0.5) is 11.4 Å². The summed E-state index contributed by atoms with van der Waals surface area (Å²) in [5.41, 5.74) is 9.59. The minimum atomic E-state index is 0.581. The lowest BCUT2D eigenvalue weighted by molar-refractivity contribution is 0.478. The summed E-state index contributed by atoms with van der Waals surface area (Å²) in [7, 11) is 0. The number of aryl methyl sites for hydroxylation is 3. The number of nitrogens with zero attached hydrogens (tertiary/aromatic N) is 1. The molecule has 1 aromatic heterocycles. The Balaban J connectivity index is 2.04. The Morgan fingerprint density at radius 1 is 1.29 bits per heavy atom. The molecule has 0 radical (unpaired) electrons. The van der Waals surface area contributed by atoms with Crippen molar-refractivity contribution < 1.29 is 4.42 Å². The van der Waals surface area contributed by atoms with E-state index in [-0.39, 0.29) is 0 Å². The van der Waals surface area contributed by atoms with E-state index in [2.05, 4.69) is 10.3 Å². The molecule has 0 aliphatic heterocycles. The highest BCUT2D eigenvalue weighted by Gasteiger charge is 2.05. The molecule has 4 heteroatoms. The van der Waals surface area contributed by atoms with Crippen LogP contribution in [0.15, 0.2) is 22.6 Å². The van der Waals surface area contributed by atoms with Gasteiger partial charge in [-0.3, -0.25) is 0 Å². The zero-order valence-electron chi connectivity index (χ0n) is 10.4. The van der Waals surface area contributed by atoms with Gasteiger partial charge in [-0.05, 0) is 44.5 Å². The Hall–Kier alpha value is -1.97. The highest BCUT2D eigenvalue weighted by molar-refractivity contribution is 5.56. The normalized spacial score (nSPS) is 10.5. The first kappa shape index (κ1) is 11.5. The van der Waals surface area contributed by atoms with E-state index in [1.165, 1.54) is 0 Å². The molecule has 0 aliphatic rings. The average molecular weight is 231 g/mol. The second kappa shape index (κ2) is 4.49. The van der Waals surface area contributed by atoms with Gasteiger partial charge >= 0.3 is 0 Å². The van der Waals surface area contributed by atoms with Crippen LogP contribution in [0.5, 0.6) is 0 Å². The number of nitrogen functional groups attached to an aromatic ring is 1. The van der Waals surface area contributed by atoms with Gasteiger partial charge in [-0.25, -0.2) is 4.98 Å². The van der Waals surface area contributed by atoms with Crippen LogP contribution in [0.25, 0.3) is 0 Å². The lowest BCUT2D eigenvalue weighted by Gasteiger charge is -2.06. The lowest BCUT2D eigenvalue weighted by Crippen LogP contribution is -2.00. The smallest absolute Gasteiger partial charge is 0.213 e. The van der Waals surface area contributed by atoms with Gasteiger partial charge in [-0.15, -0.1) is 0 Å². The molecule has 0 spiro atoms. The Bertz CT molecular complexity index is 512. The Kier molecular flexibility index (Phi) is 3.04. The number of hydrogen-bond acceptors (Lipinski definition) is 4. The Morgan fingerprint density at radius 3 is 2.65 bits per heavy atom. The standard InChI is InChI=1S/C13H17N3O/c1-8-6-11(4-5-12(8)14)15-7-13-16-9(2)10(3)17-13/h4-6,15H,7,14H2,1-3H3. The SMILES string of the molecule is Cc1cc(NCc2nc(C)c(C)o2)ccc1N. The molecule has 0 bridgehead atoms. The van der Waals surface area contributed by atoms with Gasteiger partial charge in [0.15, 0.2) is 0 Å². The molecule has 17 heavy (non-hydrogen) atoms. The van der Waals surface area contributed by atoms with Crippen molar-refractivity contribution in [3.63, 3.8) is 0 Å². The fourth-order valence-corrected chi connectivity index (χ4v) is 1.58. The van der Waals surface area contributed by atoms with E-state index in [0.717, 1.165) is 28.4 Å². The zero-order valence-corrected chi connectivity index (χ0v) is 10.4. The minimum Gasteiger partial charge on any atom is -0.444 e. The van der Waals surface area contributed by atoms with Gasteiger partial charge in [0, 0.05) is 11.4 Å². The maximum absolute atomic E-state index is 5.76. The van der Waals surface area contributed by atoms with Gasteiger partial charge in [-0.1, -0.05) is 0 Å². The van der Waals surface area contributed by atoms with Crippen LogP contribution in [-0.2, 0) is 6.54 Å². The number of oxazole rings is 1. The molecule has 0 amide bonds. The van der Waals surface area contributed by atoms with Crippen molar-refractivity contribution in [2.45, 2.75) is 27.3 Å². The Labute approximate surface area is 101 Å².